The molecule has 0 radical (unpaired) electrons. The fourth-order valence-electron chi connectivity index (χ4n) is 1.89. The van der Waals surface area contributed by atoms with Gasteiger partial charge in [-0.05, 0) is 39.9 Å². The second-order valence-corrected chi connectivity index (χ2v) is 7.76. The van der Waals surface area contributed by atoms with Crippen LogP contribution in [0.3, 0.4) is 0 Å². The molecule has 1 aromatic rings. The molecule has 0 unspecified atom stereocenters. The first-order chi connectivity index (χ1) is 9.43. The summed E-state index contributed by atoms with van der Waals surface area (Å²) in [6, 6.07) is 0. The number of anilines is 1. The number of thiazole rings is 1. The van der Waals surface area contributed by atoms with Crippen LogP contribution in [-0.4, -0.2) is 35.1 Å². The summed E-state index contributed by atoms with van der Waals surface area (Å²) in [6.07, 6.45) is 4.70. The van der Waals surface area contributed by atoms with Crippen molar-refractivity contribution in [3.05, 3.63) is 11.1 Å². The molecule has 0 saturated heterocycles. The highest BCUT2D eigenvalue weighted by atomic mass is 32.2. The van der Waals surface area contributed by atoms with Gasteiger partial charge >= 0.3 is 5.97 Å². The number of nitrogens with zero attached hydrogens (tertiary/aromatic N) is 1. The maximum absolute atomic E-state index is 12.0. The minimum Gasteiger partial charge on any atom is -0.465 e. The summed E-state index contributed by atoms with van der Waals surface area (Å²) in [5.74, 6) is -0.223. The lowest BCUT2D eigenvalue weighted by molar-refractivity contribution is -0.148. The Morgan fingerprint density at radius 1 is 1.60 bits per heavy atom. The fourth-order valence-corrected chi connectivity index (χ4v) is 3.49. The van der Waals surface area contributed by atoms with E-state index in [0.29, 0.717) is 11.4 Å². The number of carbonyl (C=O) groups excluding carboxylic acids is 1. The molecule has 1 heterocycles. The highest BCUT2D eigenvalue weighted by Crippen LogP contribution is 2.47. The maximum Gasteiger partial charge on any atom is 0.317 e. The molecule has 1 fully saturated rings. The molecule has 20 heavy (non-hydrogen) atoms. The molecule has 0 aromatic carbocycles. The summed E-state index contributed by atoms with van der Waals surface area (Å²) in [5, 5.41) is 6.23. The largest absolute Gasteiger partial charge is 0.465 e. The second-order valence-electron chi connectivity index (χ2n) is 5.62. The van der Waals surface area contributed by atoms with E-state index in [2.05, 4.69) is 16.6 Å². The van der Waals surface area contributed by atoms with E-state index in [1.165, 1.54) is 12.8 Å². The number of thioether (sulfide) groups is 1. The van der Waals surface area contributed by atoms with Gasteiger partial charge in [0.2, 0.25) is 0 Å². The predicted molar refractivity (Wildman–Crippen MR) is 85.7 cm³/mol. The van der Waals surface area contributed by atoms with Crippen molar-refractivity contribution in [1.29, 1.82) is 0 Å². The number of carbonyl (C=O) groups is 1. The van der Waals surface area contributed by atoms with Crippen LogP contribution in [0.1, 0.15) is 39.3 Å². The summed E-state index contributed by atoms with van der Waals surface area (Å²) in [6.45, 7) is 6.87. The monoisotopic (exact) mass is 314 g/mol. The van der Waals surface area contributed by atoms with Gasteiger partial charge in [0.15, 0.2) is 5.13 Å². The van der Waals surface area contributed by atoms with Crippen molar-refractivity contribution in [2.75, 3.05) is 24.7 Å². The third kappa shape index (κ3) is 3.28. The van der Waals surface area contributed by atoms with Crippen molar-refractivity contribution < 1.29 is 9.53 Å². The van der Waals surface area contributed by atoms with Crippen LogP contribution in [0.25, 0.3) is 0 Å². The Morgan fingerprint density at radius 3 is 2.85 bits per heavy atom. The average molecular weight is 314 g/mol. The van der Waals surface area contributed by atoms with Crippen LogP contribution in [0, 0.1) is 0 Å². The first-order valence-electron chi connectivity index (χ1n) is 6.86. The third-order valence-corrected chi connectivity index (χ3v) is 5.95. The molecule has 112 valence electrons. The standard InChI is InChI=1S/C14H22N2O2S2/c1-5-18-11(17)13(2,3)10-8-20-12(16-10)15-9-14(19-4)6-7-14/h8H,5-7,9H2,1-4H3,(H,15,16). The number of hydrogen-bond donors (Lipinski definition) is 1. The van der Waals surface area contributed by atoms with Crippen molar-refractivity contribution in [2.24, 2.45) is 0 Å². The number of ether oxygens (including phenoxy) is 1. The van der Waals surface area contributed by atoms with Crippen molar-refractivity contribution in [1.82, 2.24) is 4.98 Å². The van der Waals surface area contributed by atoms with Crippen LogP contribution in [-0.2, 0) is 14.9 Å². The summed E-state index contributed by atoms with van der Waals surface area (Å²) in [7, 11) is 0. The maximum atomic E-state index is 12.0. The van der Waals surface area contributed by atoms with Gasteiger partial charge in [0.05, 0.1) is 12.3 Å². The lowest BCUT2D eigenvalue weighted by Crippen LogP contribution is -2.31. The predicted octanol–water partition coefficient (Wildman–Crippen LogP) is 3.29. The molecule has 2 rings (SSSR count). The van der Waals surface area contributed by atoms with E-state index in [1.807, 2.05) is 37.9 Å². The van der Waals surface area contributed by atoms with Crippen LogP contribution in [0.5, 0.6) is 0 Å². The molecule has 1 saturated carbocycles. The Hall–Kier alpha value is -0.750. The van der Waals surface area contributed by atoms with Crippen molar-refractivity contribution in [3.8, 4) is 0 Å². The van der Waals surface area contributed by atoms with Crippen LogP contribution in [0.4, 0.5) is 5.13 Å². The molecule has 0 bridgehead atoms. The van der Waals surface area contributed by atoms with E-state index in [9.17, 15) is 4.79 Å². The topological polar surface area (TPSA) is 51.2 Å². The van der Waals surface area contributed by atoms with Gasteiger partial charge in [-0.2, -0.15) is 11.8 Å². The zero-order valence-corrected chi connectivity index (χ0v) is 14.1. The summed E-state index contributed by atoms with van der Waals surface area (Å²) in [5.41, 5.74) is 0.0842. The number of esters is 1. The molecule has 1 aliphatic carbocycles. The summed E-state index contributed by atoms with van der Waals surface area (Å²) < 4.78 is 5.52. The van der Waals surface area contributed by atoms with E-state index in [-0.39, 0.29) is 5.97 Å². The van der Waals surface area contributed by atoms with Gasteiger partial charge in [-0.15, -0.1) is 11.3 Å². The zero-order chi connectivity index (χ0) is 14.8. The normalized spacial score (nSPS) is 16.8. The van der Waals surface area contributed by atoms with Crippen LogP contribution in [0.2, 0.25) is 0 Å². The van der Waals surface area contributed by atoms with E-state index < -0.39 is 5.41 Å². The quantitative estimate of drug-likeness (QED) is 0.783. The van der Waals surface area contributed by atoms with E-state index in [4.69, 9.17) is 4.74 Å². The molecule has 0 aliphatic heterocycles. The Labute approximate surface area is 128 Å². The Morgan fingerprint density at radius 2 is 2.30 bits per heavy atom. The molecule has 1 aliphatic rings. The Balaban J connectivity index is 1.99. The van der Waals surface area contributed by atoms with Gasteiger partial charge in [-0.1, -0.05) is 0 Å². The average Bonchev–Trinajstić information content (AvgIpc) is 3.05. The van der Waals surface area contributed by atoms with Gasteiger partial charge in [0, 0.05) is 16.7 Å². The van der Waals surface area contributed by atoms with E-state index in [1.54, 1.807) is 11.3 Å². The highest BCUT2D eigenvalue weighted by Gasteiger charge is 2.42. The number of nitrogens with one attached hydrogen (secondary N) is 1. The third-order valence-electron chi connectivity index (χ3n) is 3.73. The molecule has 4 nitrogen and oxygen atoms in total. The van der Waals surface area contributed by atoms with Crippen LogP contribution < -0.4 is 5.32 Å². The first-order valence-corrected chi connectivity index (χ1v) is 8.96. The van der Waals surface area contributed by atoms with Crippen molar-refractivity contribution in [2.45, 2.75) is 43.8 Å². The minimum absolute atomic E-state index is 0.223. The van der Waals surface area contributed by atoms with Crippen LogP contribution in [0.15, 0.2) is 5.38 Å². The fraction of sp³-hybridized carbons (Fsp3) is 0.714. The second kappa shape index (κ2) is 5.93. The smallest absolute Gasteiger partial charge is 0.317 e. The number of rotatable bonds is 7. The molecule has 0 amide bonds. The zero-order valence-electron chi connectivity index (χ0n) is 12.5. The van der Waals surface area contributed by atoms with Gasteiger partial charge in [0.25, 0.3) is 0 Å². The van der Waals surface area contributed by atoms with E-state index >= 15 is 0 Å². The molecule has 0 spiro atoms. The Kier molecular flexibility index (Phi) is 4.64. The first kappa shape index (κ1) is 15.6. The SMILES string of the molecule is CCOC(=O)C(C)(C)c1csc(NCC2(SC)CC2)n1. The van der Waals surface area contributed by atoms with Crippen LogP contribution >= 0.6 is 23.1 Å². The summed E-state index contributed by atoms with van der Waals surface area (Å²) in [4.78, 5) is 16.5. The molecule has 1 aromatic heterocycles. The van der Waals surface area contributed by atoms with Gasteiger partial charge in [-0.3, -0.25) is 4.79 Å². The lowest BCUT2D eigenvalue weighted by atomic mass is 9.90. The minimum atomic E-state index is -0.691. The molecule has 1 N–H and O–H groups in total. The number of aromatic nitrogens is 1. The summed E-state index contributed by atoms with van der Waals surface area (Å²) >= 11 is 3.47. The van der Waals surface area contributed by atoms with Gasteiger partial charge in [0.1, 0.15) is 5.41 Å². The van der Waals surface area contributed by atoms with Crippen molar-refractivity contribution in [3.63, 3.8) is 0 Å². The number of hydrogen-bond acceptors (Lipinski definition) is 6. The molecule has 6 heteroatoms. The molecular weight excluding hydrogens is 292 g/mol. The molecule has 0 atom stereocenters. The Bertz CT molecular complexity index is 481. The molecular formula is C14H22N2O2S2. The van der Waals surface area contributed by atoms with E-state index in [0.717, 1.165) is 17.4 Å². The van der Waals surface area contributed by atoms with Gasteiger partial charge in [-0.25, -0.2) is 4.98 Å². The van der Waals surface area contributed by atoms with Crippen molar-refractivity contribution >= 4 is 34.2 Å². The van der Waals surface area contributed by atoms with Gasteiger partial charge < -0.3 is 10.1 Å². The highest BCUT2D eigenvalue weighted by molar-refractivity contribution is 8.00. The lowest BCUT2D eigenvalue weighted by Gasteiger charge is -2.19.